The number of aryl methyl sites for hydroxylation is 1. The lowest BCUT2D eigenvalue weighted by Crippen LogP contribution is -1.95. The summed E-state index contributed by atoms with van der Waals surface area (Å²) >= 11 is 0. The van der Waals surface area contributed by atoms with Gasteiger partial charge in [-0.05, 0) is 30.5 Å². The van der Waals surface area contributed by atoms with Gasteiger partial charge in [-0.25, -0.2) is 4.68 Å². The lowest BCUT2D eigenvalue weighted by molar-refractivity contribution is 0.717. The van der Waals surface area contributed by atoms with E-state index >= 15 is 0 Å². The molecule has 0 N–H and O–H groups in total. The van der Waals surface area contributed by atoms with Crippen molar-refractivity contribution in [3.63, 3.8) is 0 Å². The van der Waals surface area contributed by atoms with Crippen LogP contribution in [-0.2, 0) is 6.42 Å². The fourth-order valence-corrected chi connectivity index (χ4v) is 1.74. The molecule has 0 aliphatic rings. The monoisotopic (exact) mass is 215 g/mol. The van der Waals surface area contributed by atoms with Gasteiger partial charge < -0.3 is 0 Å². The topological polar surface area (TPSA) is 30.7 Å². The van der Waals surface area contributed by atoms with Crippen LogP contribution in [0.4, 0.5) is 0 Å². The zero-order valence-corrected chi connectivity index (χ0v) is 9.63. The Kier molecular flexibility index (Phi) is 3.70. The Hall–Kier alpha value is -1.64. The Labute approximate surface area is 96.1 Å². The molecule has 1 heterocycles. The average molecular weight is 215 g/mol. The molecule has 1 aromatic heterocycles. The van der Waals surface area contributed by atoms with Crippen molar-refractivity contribution in [1.29, 1.82) is 0 Å². The van der Waals surface area contributed by atoms with Gasteiger partial charge in [-0.2, -0.15) is 0 Å². The molecule has 16 heavy (non-hydrogen) atoms. The largest absolute Gasteiger partial charge is 0.221 e. The maximum absolute atomic E-state index is 3.96. The Morgan fingerprint density at radius 1 is 1.12 bits per heavy atom. The Morgan fingerprint density at radius 3 is 2.56 bits per heavy atom. The highest BCUT2D eigenvalue weighted by Gasteiger charge is 1.97. The molecule has 2 aromatic rings. The number of unbranched alkanes of at least 4 members (excludes halogenated alkanes) is 2. The Morgan fingerprint density at radius 2 is 1.94 bits per heavy atom. The standard InChI is InChI=1S/C13H17N3/c1-2-3-4-5-12-6-8-13(9-7-12)16-11-10-14-15-16/h6-11H,2-5H2,1H3. The first kappa shape index (κ1) is 10.9. The molecule has 1 aromatic carbocycles. The number of hydrogen-bond acceptors (Lipinski definition) is 2. The van der Waals surface area contributed by atoms with Gasteiger partial charge in [0.05, 0.1) is 18.1 Å². The van der Waals surface area contributed by atoms with Gasteiger partial charge >= 0.3 is 0 Å². The van der Waals surface area contributed by atoms with E-state index in [-0.39, 0.29) is 0 Å². The average Bonchev–Trinajstić information content (AvgIpc) is 2.84. The van der Waals surface area contributed by atoms with Crippen LogP contribution in [0.2, 0.25) is 0 Å². The van der Waals surface area contributed by atoms with Gasteiger partial charge in [0, 0.05) is 0 Å². The van der Waals surface area contributed by atoms with Crippen LogP contribution < -0.4 is 0 Å². The zero-order valence-electron chi connectivity index (χ0n) is 9.63. The van der Waals surface area contributed by atoms with E-state index in [1.165, 1.54) is 31.2 Å². The van der Waals surface area contributed by atoms with E-state index in [4.69, 9.17) is 0 Å². The molecule has 2 rings (SSSR count). The molecule has 0 amide bonds. The van der Waals surface area contributed by atoms with E-state index in [0.717, 1.165) is 5.69 Å². The van der Waals surface area contributed by atoms with Crippen LogP contribution in [-0.4, -0.2) is 15.0 Å². The van der Waals surface area contributed by atoms with Gasteiger partial charge in [-0.15, -0.1) is 5.10 Å². The molecule has 0 atom stereocenters. The molecule has 0 bridgehead atoms. The summed E-state index contributed by atoms with van der Waals surface area (Å²) in [5.41, 5.74) is 2.47. The van der Waals surface area contributed by atoms with Crippen LogP contribution in [0, 0.1) is 0 Å². The fourth-order valence-electron chi connectivity index (χ4n) is 1.74. The summed E-state index contributed by atoms with van der Waals surface area (Å²) in [4.78, 5) is 0. The number of rotatable bonds is 5. The van der Waals surface area contributed by atoms with Crippen LogP contribution in [0.15, 0.2) is 36.7 Å². The third-order valence-electron chi connectivity index (χ3n) is 2.69. The van der Waals surface area contributed by atoms with Gasteiger partial charge in [0.25, 0.3) is 0 Å². The van der Waals surface area contributed by atoms with Crippen LogP contribution in [0.25, 0.3) is 5.69 Å². The summed E-state index contributed by atoms with van der Waals surface area (Å²) in [7, 11) is 0. The highest BCUT2D eigenvalue weighted by Crippen LogP contribution is 2.11. The summed E-state index contributed by atoms with van der Waals surface area (Å²) in [5, 5.41) is 7.75. The van der Waals surface area contributed by atoms with Crippen LogP contribution in [0.1, 0.15) is 31.7 Å². The zero-order chi connectivity index (χ0) is 11.2. The lowest BCUT2D eigenvalue weighted by Gasteiger charge is -2.03. The van der Waals surface area contributed by atoms with Crippen molar-refractivity contribution in [1.82, 2.24) is 15.0 Å². The van der Waals surface area contributed by atoms with Gasteiger partial charge in [0.2, 0.25) is 0 Å². The van der Waals surface area contributed by atoms with Crippen molar-refractivity contribution >= 4 is 0 Å². The first-order valence-electron chi connectivity index (χ1n) is 5.86. The van der Waals surface area contributed by atoms with E-state index in [1.807, 2.05) is 6.20 Å². The van der Waals surface area contributed by atoms with E-state index in [9.17, 15) is 0 Å². The van der Waals surface area contributed by atoms with Gasteiger partial charge in [0.15, 0.2) is 0 Å². The SMILES string of the molecule is CCCCCc1ccc(-n2ccnn2)cc1. The molecule has 0 aliphatic carbocycles. The molecule has 0 saturated heterocycles. The van der Waals surface area contributed by atoms with E-state index < -0.39 is 0 Å². The second kappa shape index (κ2) is 5.45. The summed E-state index contributed by atoms with van der Waals surface area (Å²) < 4.78 is 1.77. The van der Waals surface area contributed by atoms with Crippen molar-refractivity contribution in [2.24, 2.45) is 0 Å². The van der Waals surface area contributed by atoms with Crippen LogP contribution in [0.3, 0.4) is 0 Å². The molecule has 0 aliphatic heterocycles. The second-order valence-corrected chi connectivity index (χ2v) is 3.97. The molecule has 0 spiro atoms. The van der Waals surface area contributed by atoms with Gasteiger partial charge in [-0.3, -0.25) is 0 Å². The number of hydrogen-bond donors (Lipinski definition) is 0. The number of nitrogens with zero attached hydrogens (tertiary/aromatic N) is 3. The summed E-state index contributed by atoms with van der Waals surface area (Å²) in [6.07, 6.45) is 8.58. The number of benzene rings is 1. The second-order valence-electron chi connectivity index (χ2n) is 3.97. The molecule has 84 valence electrons. The molecule has 0 unspecified atom stereocenters. The van der Waals surface area contributed by atoms with E-state index in [0.29, 0.717) is 0 Å². The first-order valence-corrected chi connectivity index (χ1v) is 5.86. The molecule has 3 heteroatoms. The quantitative estimate of drug-likeness (QED) is 0.718. The molecule has 3 nitrogen and oxygen atoms in total. The molecule has 0 fully saturated rings. The first-order chi connectivity index (χ1) is 7.90. The summed E-state index contributed by atoms with van der Waals surface area (Å²) in [5.74, 6) is 0. The highest BCUT2D eigenvalue weighted by atomic mass is 15.4. The van der Waals surface area contributed by atoms with Gasteiger partial charge in [-0.1, -0.05) is 37.1 Å². The van der Waals surface area contributed by atoms with Crippen molar-refractivity contribution in [3.05, 3.63) is 42.2 Å². The van der Waals surface area contributed by atoms with Gasteiger partial charge in [0.1, 0.15) is 0 Å². The maximum atomic E-state index is 3.96. The van der Waals surface area contributed by atoms with Crippen molar-refractivity contribution < 1.29 is 0 Å². The maximum Gasteiger partial charge on any atom is 0.0697 e. The molecular formula is C13H17N3. The minimum atomic E-state index is 1.07. The van der Waals surface area contributed by atoms with E-state index in [1.54, 1.807) is 10.9 Å². The fraction of sp³-hybridized carbons (Fsp3) is 0.385. The third kappa shape index (κ3) is 2.69. The predicted octanol–water partition coefficient (Wildman–Crippen LogP) is 3.00. The Bertz CT molecular complexity index is 403. The lowest BCUT2D eigenvalue weighted by atomic mass is 10.1. The van der Waals surface area contributed by atoms with Crippen molar-refractivity contribution in [2.45, 2.75) is 32.6 Å². The summed E-state index contributed by atoms with van der Waals surface area (Å²) in [6.45, 7) is 2.23. The molecule has 0 radical (unpaired) electrons. The van der Waals surface area contributed by atoms with Crippen LogP contribution in [0.5, 0.6) is 0 Å². The van der Waals surface area contributed by atoms with Crippen molar-refractivity contribution in [3.8, 4) is 5.69 Å². The third-order valence-corrected chi connectivity index (χ3v) is 2.69. The van der Waals surface area contributed by atoms with E-state index in [2.05, 4.69) is 41.5 Å². The van der Waals surface area contributed by atoms with Crippen molar-refractivity contribution in [2.75, 3.05) is 0 Å². The highest BCUT2D eigenvalue weighted by molar-refractivity contribution is 5.33. The normalized spacial score (nSPS) is 10.6. The minimum Gasteiger partial charge on any atom is -0.221 e. The predicted molar refractivity (Wildman–Crippen MR) is 64.6 cm³/mol. The smallest absolute Gasteiger partial charge is 0.0697 e. The minimum absolute atomic E-state index is 1.07. The van der Waals surface area contributed by atoms with Crippen LogP contribution >= 0.6 is 0 Å². The molecule has 0 saturated carbocycles. The number of aromatic nitrogens is 3. The Balaban J connectivity index is 2.00. The summed E-state index contributed by atoms with van der Waals surface area (Å²) in [6, 6.07) is 8.53. The molecular weight excluding hydrogens is 198 g/mol.